The number of hydrogen-bond acceptors (Lipinski definition) is 1. The van der Waals surface area contributed by atoms with E-state index in [1.807, 2.05) is 6.92 Å². The summed E-state index contributed by atoms with van der Waals surface area (Å²) in [6.07, 6.45) is 22.7. The quantitative estimate of drug-likeness (QED) is 0.546. The molecule has 0 aromatic rings. The van der Waals surface area contributed by atoms with E-state index < -0.39 is 5.60 Å². The van der Waals surface area contributed by atoms with Gasteiger partial charge in [0.2, 0.25) is 0 Å². The first-order valence-electron chi connectivity index (χ1n) is 9.43. The molecule has 1 nitrogen and oxygen atoms in total. The zero-order valence-electron chi connectivity index (χ0n) is 14.0. The molecular weight excluding hydrogens is 244 g/mol. The van der Waals surface area contributed by atoms with Crippen LogP contribution in [0.4, 0.5) is 0 Å². The van der Waals surface area contributed by atoms with E-state index in [0.717, 1.165) is 12.8 Å². The van der Waals surface area contributed by atoms with Gasteiger partial charge in [-0.15, -0.1) is 0 Å². The fraction of sp³-hybridized carbons (Fsp3) is 1.00. The SMILES string of the molecule is CC1(O)CCCCCCCCCCCCCCCCC1. The number of rotatable bonds is 0. The third-order valence-electron chi connectivity index (χ3n) is 4.93. The van der Waals surface area contributed by atoms with Crippen molar-refractivity contribution in [3.05, 3.63) is 0 Å². The van der Waals surface area contributed by atoms with Gasteiger partial charge in [-0.1, -0.05) is 96.3 Å². The molecule has 0 atom stereocenters. The van der Waals surface area contributed by atoms with Crippen LogP contribution in [0.15, 0.2) is 0 Å². The standard InChI is InChI=1S/C19H38O/c1-19(20)17-15-13-11-9-7-5-3-2-4-6-8-10-12-14-16-18-19/h20H,2-18H2,1H3. The van der Waals surface area contributed by atoms with Gasteiger partial charge in [0.1, 0.15) is 0 Å². The molecule has 1 saturated carbocycles. The van der Waals surface area contributed by atoms with Gasteiger partial charge in [-0.05, 0) is 19.8 Å². The van der Waals surface area contributed by atoms with E-state index in [1.165, 1.54) is 96.3 Å². The van der Waals surface area contributed by atoms with E-state index in [2.05, 4.69) is 0 Å². The van der Waals surface area contributed by atoms with Gasteiger partial charge in [-0.25, -0.2) is 0 Å². The molecule has 1 rings (SSSR count). The van der Waals surface area contributed by atoms with Crippen molar-refractivity contribution in [3.8, 4) is 0 Å². The predicted molar refractivity (Wildman–Crippen MR) is 89.1 cm³/mol. The third-order valence-corrected chi connectivity index (χ3v) is 4.93. The molecule has 1 fully saturated rings. The lowest BCUT2D eigenvalue weighted by Crippen LogP contribution is -2.23. The second-order valence-corrected chi connectivity index (χ2v) is 7.30. The van der Waals surface area contributed by atoms with Crippen molar-refractivity contribution in [1.29, 1.82) is 0 Å². The van der Waals surface area contributed by atoms with Gasteiger partial charge in [0.15, 0.2) is 0 Å². The Kier molecular flexibility index (Phi) is 10.4. The molecule has 0 heterocycles. The second kappa shape index (κ2) is 11.6. The van der Waals surface area contributed by atoms with Crippen molar-refractivity contribution >= 4 is 0 Å². The van der Waals surface area contributed by atoms with Crippen LogP contribution in [-0.2, 0) is 0 Å². The average molecular weight is 283 g/mol. The molecule has 0 unspecified atom stereocenters. The Bertz CT molecular complexity index is 190. The molecule has 0 bridgehead atoms. The van der Waals surface area contributed by atoms with Gasteiger partial charge in [0, 0.05) is 0 Å². The Balaban J connectivity index is 2.18. The van der Waals surface area contributed by atoms with Crippen LogP contribution in [0.3, 0.4) is 0 Å². The molecule has 1 N–H and O–H groups in total. The molecule has 0 amide bonds. The summed E-state index contributed by atoms with van der Waals surface area (Å²) in [5.41, 5.74) is -0.397. The zero-order chi connectivity index (χ0) is 14.5. The summed E-state index contributed by atoms with van der Waals surface area (Å²) in [7, 11) is 0. The van der Waals surface area contributed by atoms with Crippen LogP contribution in [0.1, 0.15) is 116 Å². The summed E-state index contributed by atoms with van der Waals surface area (Å²) >= 11 is 0. The first kappa shape index (κ1) is 18.0. The van der Waals surface area contributed by atoms with E-state index in [1.54, 1.807) is 0 Å². The molecule has 0 aromatic heterocycles. The first-order chi connectivity index (χ1) is 9.71. The van der Waals surface area contributed by atoms with Gasteiger partial charge in [-0.3, -0.25) is 0 Å². The molecule has 1 aliphatic rings. The Morgan fingerprint density at radius 2 is 0.650 bits per heavy atom. The van der Waals surface area contributed by atoms with E-state index in [9.17, 15) is 5.11 Å². The predicted octanol–water partition coefficient (Wildman–Crippen LogP) is 6.38. The molecule has 1 aliphatic carbocycles. The lowest BCUT2D eigenvalue weighted by atomic mass is 9.91. The van der Waals surface area contributed by atoms with Crippen LogP contribution in [0.5, 0.6) is 0 Å². The summed E-state index contributed by atoms with van der Waals surface area (Å²) in [5.74, 6) is 0. The molecule has 0 spiro atoms. The lowest BCUT2D eigenvalue weighted by molar-refractivity contribution is 0.0366. The minimum Gasteiger partial charge on any atom is -0.390 e. The first-order valence-corrected chi connectivity index (χ1v) is 9.43. The van der Waals surface area contributed by atoms with E-state index in [0.29, 0.717) is 0 Å². The topological polar surface area (TPSA) is 20.2 Å². The summed E-state index contributed by atoms with van der Waals surface area (Å²) in [4.78, 5) is 0. The average Bonchev–Trinajstić information content (AvgIpc) is 2.41. The summed E-state index contributed by atoms with van der Waals surface area (Å²) in [6, 6.07) is 0. The van der Waals surface area contributed by atoms with Crippen LogP contribution in [-0.4, -0.2) is 10.7 Å². The summed E-state index contributed by atoms with van der Waals surface area (Å²) < 4.78 is 0. The highest BCUT2D eigenvalue weighted by atomic mass is 16.3. The van der Waals surface area contributed by atoms with Gasteiger partial charge in [0.05, 0.1) is 5.60 Å². The fourth-order valence-corrected chi connectivity index (χ4v) is 3.43. The van der Waals surface area contributed by atoms with Crippen molar-refractivity contribution < 1.29 is 5.11 Å². The highest BCUT2D eigenvalue weighted by molar-refractivity contribution is 4.72. The largest absolute Gasteiger partial charge is 0.390 e. The van der Waals surface area contributed by atoms with E-state index >= 15 is 0 Å². The maximum Gasteiger partial charge on any atom is 0.0619 e. The highest BCUT2D eigenvalue weighted by Gasteiger charge is 2.18. The third kappa shape index (κ3) is 10.7. The lowest BCUT2D eigenvalue weighted by Gasteiger charge is -2.23. The Morgan fingerprint density at radius 1 is 0.450 bits per heavy atom. The second-order valence-electron chi connectivity index (χ2n) is 7.30. The molecule has 1 heteroatoms. The minimum atomic E-state index is -0.397. The van der Waals surface area contributed by atoms with Crippen molar-refractivity contribution in [3.63, 3.8) is 0 Å². The number of hydrogen-bond donors (Lipinski definition) is 1. The van der Waals surface area contributed by atoms with Crippen molar-refractivity contribution in [2.75, 3.05) is 0 Å². The number of aliphatic hydroxyl groups is 1. The molecule has 120 valence electrons. The van der Waals surface area contributed by atoms with Crippen LogP contribution < -0.4 is 0 Å². The Labute approximate surface area is 127 Å². The molecule has 0 aliphatic heterocycles. The maximum absolute atomic E-state index is 10.4. The molecule has 0 radical (unpaired) electrons. The normalized spacial score (nSPS) is 25.5. The van der Waals surface area contributed by atoms with Gasteiger partial charge in [-0.2, -0.15) is 0 Å². The van der Waals surface area contributed by atoms with Crippen LogP contribution in [0.2, 0.25) is 0 Å². The summed E-state index contributed by atoms with van der Waals surface area (Å²) in [5, 5.41) is 10.4. The summed E-state index contributed by atoms with van der Waals surface area (Å²) in [6.45, 7) is 2.05. The van der Waals surface area contributed by atoms with E-state index in [4.69, 9.17) is 0 Å². The van der Waals surface area contributed by atoms with Gasteiger partial charge < -0.3 is 5.11 Å². The maximum atomic E-state index is 10.4. The van der Waals surface area contributed by atoms with Crippen molar-refractivity contribution in [1.82, 2.24) is 0 Å². The van der Waals surface area contributed by atoms with Crippen molar-refractivity contribution in [2.24, 2.45) is 0 Å². The molecule has 20 heavy (non-hydrogen) atoms. The fourth-order valence-electron chi connectivity index (χ4n) is 3.43. The Hall–Kier alpha value is -0.0400. The molecule has 0 aromatic carbocycles. The highest BCUT2D eigenvalue weighted by Crippen LogP contribution is 2.23. The van der Waals surface area contributed by atoms with Gasteiger partial charge >= 0.3 is 0 Å². The minimum absolute atomic E-state index is 0.397. The van der Waals surface area contributed by atoms with E-state index in [-0.39, 0.29) is 0 Å². The zero-order valence-corrected chi connectivity index (χ0v) is 14.0. The smallest absolute Gasteiger partial charge is 0.0619 e. The van der Waals surface area contributed by atoms with Crippen LogP contribution in [0.25, 0.3) is 0 Å². The van der Waals surface area contributed by atoms with Crippen LogP contribution >= 0.6 is 0 Å². The monoisotopic (exact) mass is 282 g/mol. The van der Waals surface area contributed by atoms with Crippen LogP contribution in [0, 0.1) is 0 Å². The Morgan fingerprint density at radius 3 is 0.900 bits per heavy atom. The van der Waals surface area contributed by atoms with Crippen molar-refractivity contribution in [2.45, 2.75) is 122 Å². The molecular formula is C19H38O. The molecule has 0 saturated heterocycles. The van der Waals surface area contributed by atoms with Gasteiger partial charge in [0.25, 0.3) is 0 Å².